The van der Waals surface area contributed by atoms with Crippen LogP contribution < -0.4 is 10.0 Å². The third-order valence-corrected chi connectivity index (χ3v) is 4.49. The molecule has 1 aromatic carbocycles. The fraction of sp³-hybridized carbons (Fsp3) is 0.571. The van der Waals surface area contributed by atoms with Gasteiger partial charge in [-0.05, 0) is 38.5 Å². The molecule has 0 aliphatic carbocycles. The van der Waals surface area contributed by atoms with Crippen molar-refractivity contribution in [1.29, 1.82) is 0 Å². The summed E-state index contributed by atoms with van der Waals surface area (Å²) in [5.41, 5.74) is 1.31. The first-order valence-electron chi connectivity index (χ1n) is 7.02. The van der Waals surface area contributed by atoms with E-state index in [1.807, 2.05) is 6.07 Å². The molecule has 1 unspecified atom stereocenters. The van der Waals surface area contributed by atoms with Crippen molar-refractivity contribution in [2.45, 2.75) is 32.4 Å². The fourth-order valence-corrected chi connectivity index (χ4v) is 3.36. The Bertz CT molecular complexity index is 604. The Hall–Kier alpha value is -0.980. The van der Waals surface area contributed by atoms with Gasteiger partial charge in [-0.15, -0.1) is 0 Å². The van der Waals surface area contributed by atoms with E-state index in [0.29, 0.717) is 22.8 Å². The first-order chi connectivity index (χ1) is 9.74. The van der Waals surface area contributed by atoms with Crippen molar-refractivity contribution in [3.05, 3.63) is 23.2 Å². The van der Waals surface area contributed by atoms with E-state index in [1.165, 1.54) is 0 Å². The second-order valence-corrected chi connectivity index (χ2v) is 7.94. The quantitative estimate of drug-likeness (QED) is 0.870. The van der Waals surface area contributed by atoms with Crippen molar-refractivity contribution in [2.75, 3.05) is 29.4 Å². The van der Waals surface area contributed by atoms with Crippen LogP contribution in [0.5, 0.6) is 0 Å². The third-order valence-electron chi connectivity index (χ3n) is 3.59. The highest BCUT2D eigenvalue weighted by molar-refractivity contribution is 7.92. The van der Waals surface area contributed by atoms with E-state index in [1.54, 1.807) is 12.1 Å². The largest absolute Gasteiger partial charge is 0.381 e. The van der Waals surface area contributed by atoms with Gasteiger partial charge in [0, 0.05) is 30.9 Å². The maximum absolute atomic E-state index is 11.2. The average Bonchev–Trinajstić information content (AvgIpc) is 2.80. The van der Waals surface area contributed by atoms with Crippen molar-refractivity contribution >= 4 is 33.0 Å². The Morgan fingerprint density at radius 1 is 1.38 bits per heavy atom. The van der Waals surface area contributed by atoms with Crippen LogP contribution in [0.1, 0.15) is 20.3 Å². The molecule has 5 nitrogen and oxygen atoms in total. The van der Waals surface area contributed by atoms with Gasteiger partial charge in [-0.3, -0.25) is 9.62 Å². The van der Waals surface area contributed by atoms with Crippen LogP contribution in [0.4, 0.5) is 11.4 Å². The second-order valence-electron chi connectivity index (χ2n) is 5.79. The zero-order valence-electron chi connectivity index (χ0n) is 12.6. The van der Waals surface area contributed by atoms with Gasteiger partial charge in [0.1, 0.15) is 0 Å². The van der Waals surface area contributed by atoms with Gasteiger partial charge >= 0.3 is 0 Å². The zero-order chi connectivity index (χ0) is 15.6. The molecule has 1 aromatic rings. The summed E-state index contributed by atoms with van der Waals surface area (Å²) >= 11 is 6.12. The molecule has 1 atom stereocenters. The fourth-order valence-electron chi connectivity index (χ4n) is 2.50. The molecule has 21 heavy (non-hydrogen) atoms. The normalized spacial score (nSPS) is 20.0. The van der Waals surface area contributed by atoms with Gasteiger partial charge in [0.05, 0.1) is 17.0 Å². The van der Waals surface area contributed by atoms with Crippen molar-refractivity contribution in [3.8, 4) is 0 Å². The van der Waals surface area contributed by atoms with Gasteiger partial charge in [0.25, 0.3) is 0 Å². The summed E-state index contributed by atoms with van der Waals surface area (Å²) in [6, 6.07) is 6.24. The molecular weight excluding hydrogens is 310 g/mol. The van der Waals surface area contributed by atoms with Crippen LogP contribution in [0.2, 0.25) is 5.02 Å². The summed E-state index contributed by atoms with van der Waals surface area (Å²) in [4.78, 5) is 2.43. The van der Waals surface area contributed by atoms with Gasteiger partial charge in [-0.2, -0.15) is 0 Å². The number of likely N-dealkylation sites (tertiary alicyclic amines) is 1. The molecule has 1 aliphatic rings. The van der Waals surface area contributed by atoms with E-state index >= 15 is 0 Å². The van der Waals surface area contributed by atoms with E-state index in [9.17, 15) is 8.42 Å². The maximum Gasteiger partial charge on any atom is 0.229 e. The van der Waals surface area contributed by atoms with Gasteiger partial charge < -0.3 is 5.32 Å². The number of rotatable bonds is 5. The summed E-state index contributed by atoms with van der Waals surface area (Å²) in [6.45, 7) is 6.51. The highest BCUT2D eigenvalue weighted by Crippen LogP contribution is 2.27. The van der Waals surface area contributed by atoms with Gasteiger partial charge in [-0.1, -0.05) is 11.6 Å². The monoisotopic (exact) mass is 331 g/mol. The smallest absolute Gasteiger partial charge is 0.229 e. The number of halogens is 1. The molecule has 2 N–H and O–H groups in total. The van der Waals surface area contributed by atoms with Gasteiger partial charge in [-0.25, -0.2) is 8.42 Å². The number of hydrogen-bond donors (Lipinski definition) is 2. The molecule has 0 amide bonds. The maximum atomic E-state index is 11.2. The minimum Gasteiger partial charge on any atom is -0.381 e. The van der Waals surface area contributed by atoms with Gasteiger partial charge in [0.2, 0.25) is 10.0 Å². The molecule has 118 valence electrons. The summed E-state index contributed by atoms with van der Waals surface area (Å²) in [5, 5.41) is 3.85. The Kier molecular flexibility index (Phi) is 5.01. The number of hydrogen-bond acceptors (Lipinski definition) is 4. The Labute approximate surface area is 131 Å². The van der Waals surface area contributed by atoms with E-state index in [4.69, 9.17) is 11.6 Å². The topological polar surface area (TPSA) is 61.4 Å². The molecule has 0 saturated carbocycles. The lowest BCUT2D eigenvalue weighted by molar-refractivity contribution is 0.274. The predicted octanol–water partition coefficient (Wildman–Crippen LogP) is 2.61. The molecule has 1 aliphatic heterocycles. The predicted molar refractivity (Wildman–Crippen MR) is 88.7 cm³/mol. The highest BCUT2D eigenvalue weighted by atomic mass is 35.5. The van der Waals surface area contributed by atoms with Crippen LogP contribution >= 0.6 is 11.6 Å². The minimum atomic E-state index is -3.31. The molecule has 2 rings (SSSR count). The third kappa shape index (κ3) is 4.76. The Balaban J connectivity index is 2.01. The summed E-state index contributed by atoms with van der Waals surface area (Å²) in [5.74, 6) is 0. The first kappa shape index (κ1) is 16.4. The van der Waals surface area contributed by atoms with Crippen LogP contribution in [0, 0.1) is 0 Å². The number of benzene rings is 1. The van der Waals surface area contributed by atoms with Crippen molar-refractivity contribution in [1.82, 2.24) is 4.90 Å². The molecule has 0 bridgehead atoms. The SMILES string of the molecule is CC(C)N1CCC(Nc2ccc(NS(C)(=O)=O)c(Cl)c2)C1. The van der Waals surface area contributed by atoms with Crippen molar-refractivity contribution < 1.29 is 8.42 Å². The van der Waals surface area contributed by atoms with Crippen molar-refractivity contribution in [2.24, 2.45) is 0 Å². The molecule has 1 heterocycles. The molecule has 0 aromatic heterocycles. The Morgan fingerprint density at radius 2 is 2.10 bits per heavy atom. The highest BCUT2D eigenvalue weighted by Gasteiger charge is 2.24. The van der Waals surface area contributed by atoms with Crippen molar-refractivity contribution in [3.63, 3.8) is 0 Å². The summed E-state index contributed by atoms with van der Waals surface area (Å²) in [7, 11) is -3.31. The van der Waals surface area contributed by atoms with Crippen LogP contribution in [-0.4, -0.2) is 44.7 Å². The van der Waals surface area contributed by atoms with Crippen LogP contribution in [0.25, 0.3) is 0 Å². The molecule has 0 spiro atoms. The summed E-state index contributed by atoms with van der Waals surface area (Å²) in [6.07, 6.45) is 2.20. The van der Waals surface area contributed by atoms with Crippen LogP contribution in [0.3, 0.4) is 0 Å². The van der Waals surface area contributed by atoms with Crippen LogP contribution in [0.15, 0.2) is 18.2 Å². The lowest BCUT2D eigenvalue weighted by Gasteiger charge is -2.21. The Morgan fingerprint density at radius 3 is 2.62 bits per heavy atom. The summed E-state index contributed by atoms with van der Waals surface area (Å²) < 4.78 is 24.8. The molecule has 0 radical (unpaired) electrons. The zero-order valence-corrected chi connectivity index (χ0v) is 14.1. The van der Waals surface area contributed by atoms with E-state index in [-0.39, 0.29) is 0 Å². The number of sulfonamides is 1. The standard InChI is InChI=1S/C14H22ClN3O2S/c1-10(2)18-7-6-12(9-18)16-11-4-5-14(13(15)8-11)17-21(3,19)20/h4-5,8,10,12,16-17H,6-7,9H2,1-3H3. The average molecular weight is 332 g/mol. The van der Waals surface area contributed by atoms with E-state index in [0.717, 1.165) is 31.5 Å². The minimum absolute atomic E-state index is 0.393. The number of anilines is 2. The van der Waals surface area contributed by atoms with E-state index in [2.05, 4.69) is 28.8 Å². The molecule has 1 saturated heterocycles. The second kappa shape index (κ2) is 6.42. The number of nitrogens with zero attached hydrogens (tertiary/aromatic N) is 1. The molecule has 1 fully saturated rings. The molecule has 7 heteroatoms. The van der Waals surface area contributed by atoms with Crippen LogP contribution in [-0.2, 0) is 10.0 Å². The first-order valence-corrected chi connectivity index (χ1v) is 9.29. The van der Waals surface area contributed by atoms with E-state index < -0.39 is 10.0 Å². The lowest BCUT2D eigenvalue weighted by Crippen LogP contribution is -2.31. The molecular formula is C14H22ClN3O2S. The van der Waals surface area contributed by atoms with Gasteiger partial charge in [0.15, 0.2) is 0 Å². The number of nitrogens with one attached hydrogen (secondary N) is 2. The lowest BCUT2D eigenvalue weighted by atomic mass is 10.2.